The maximum absolute atomic E-state index is 12.2. The molecule has 3 heteroatoms. The van der Waals surface area contributed by atoms with Crippen molar-refractivity contribution < 1.29 is 5.11 Å². The van der Waals surface area contributed by atoms with Crippen LogP contribution >= 0.6 is 0 Å². The highest BCUT2D eigenvalue weighted by molar-refractivity contribution is 5.80. The molecule has 0 aliphatic rings. The van der Waals surface area contributed by atoms with E-state index in [1.807, 2.05) is 54.6 Å². The summed E-state index contributed by atoms with van der Waals surface area (Å²) in [6.45, 7) is 3.51. The first kappa shape index (κ1) is 14.5. The molecule has 22 heavy (non-hydrogen) atoms. The first-order valence-electron chi connectivity index (χ1n) is 7.36. The van der Waals surface area contributed by atoms with Crippen molar-refractivity contribution in [1.29, 1.82) is 0 Å². The summed E-state index contributed by atoms with van der Waals surface area (Å²) in [5.41, 5.74) is 2.49. The van der Waals surface area contributed by atoms with Gasteiger partial charge in [0.15, 0.2) is 0 Å². The van der Waals surface area contributed by atoms with Crippen LogP contribution in [-0.2, 0) is 12.0 Å². The molecule has 2 aromatic carbocycles. The van der Waals surface area contributed by atoms with Gasteiger partial charge in [-0.2, -0.15) is 0 Å². The maximum Gasteiger partial charge on any atom is 0.251 e. The van der Waals surface area contributed by atoms with Crippen LogP contribution in [0.25, 0.3) is 10.9 Å². The lowest BCUT2D eigenvalue weighted by atomic mass is 9.96. The highest BCUT2D eigenvalue weighted by atomic mass is 16.3. The third-order valence-corrected chi connectivity index (χ3v) is 3.87. The lowest BCUT2D eigenvalue weighted by Crippen LogP contribution is -2.16. The molecule has 2 N–H and O–H groups in total. The molecule has 0 atom stereocenters. The number of pyridine rings is 1. The maximum atomic E-state index is 12.2. The molecular formula is C19H19NO2. The Labute approximate surface area is 129 Å². The van der Waals surface area contributed by atoms with Gasteiger partial charge in [-0.25, -0.2) is 0 Å². The Morgan fingerprint density at radius 2 is 1.77 bits per heavy atom. The summed E-state index contributed by atoms with van der Waals surface area (Å²) in [5.74, 6) is 0. The fraction of sp³-hybridized carbons (Fsp3) is 0.211. The molecule has 0 amide bonds. The Balaban J connectivity index is 2.08. The molecule has 3 aromatic rings. The number of aliphatic hydroxyl groups is 1. The number of benzene rings is 2. The lowest BCUT2D eigenvalue weighted by molar-refractivity contribution is 0.0787. The van der Waals surface area contributed by atoms with E-state index in [4.69, 9.17) is 0 Å². The highest BCUT2D eigenvalue weighted by Crippen LogP contribution is 2.23. The zero-order valence-electron chi connectivity index (χ0n) is 12.8. The fourth-order valence-corrected chi connectivity index (χ4v) is 2.58. The predicted octanol–water partition coefficient (Wildman–Crippen LogP) is 3.35. The number of aromatic nitrogens is 1. The molecule has 112 valence electrons. The van der Waals surface area contributed by atoms with Crippen molar-refractivity contribution in [2.75, 3.05) is 0 Å². The summed E-state index contributed by atoms with van der Waals surface area (Å²) in [6, 6.07) is 17.5. The molecule has 0 fully saturated rings. The Morgan fingerprint density at radius 1 is 1.05 bits per heavy atom. The summed E-state index contributed by atoms with van der Waals surface area (Å²) in [6.07, 6.45) is 0.596. The van der Waals surface area contributed by atoms with E-state index >= 15 is 0 Å². The number of nitrogens with one attached hydrogen (secondary N) is 1. The van der Waals surface area contributed by atoms with Gasteiger partial charge < -0.3 is 10.1 Å². The predicted molar refractivity (Wildman–Crippen MR) is 89.1 cm³/mol. The minimum atomic E-state index is -0.899. The Kier molecular flexibility index (Phi) is 3.59. The van der Waals surface area contributed by atoms with Gasteiger partial charge in [-0.15, -0.1) is 0 Å². The van der Waals surface area contributed by atoms with Gasteiger partial charge >= 0.3 is 0 Å². The molecule has 0 radical (unpaired) electrons. The summed E-state index contributed by atoms with van der Waals surface area (Å²) < 4.78 is 0. The van der Waals surface area contributed by atoms with Crippen LogP contribution in [0.4, 0.5) is 0 Å². The van der Waals surface area contributed by atoms with Crippen LogP contribution in [-0.4, -0.2) is 10.1 Å². The van der Waals surface area contributed by atoms with Gasteiger partial charge in [-0.1, -0.05) is 36.4 Å². The molecule has 0 aliphatic carbocycles. The molecule has 0 bridgehead atoms. The quantitative estimate of drug-likeness (QED) is 0.778. The minimum Gasteiger partial charge on any atom is -0.386 e. The Bertz CT molecular complexity index is 858. The molecular weight excluding hydrogens is 274 g/mol. The van der Waals surface area contributed by atoms with E-state index < -0.39 is 5.60 Å². The van der Waals surface area contributed by atoms with Crippen molar-refractivity contribution in [1.82, 2.24) is 4.98 Å². The smallest absolute Gasteiger partial charge is 0.251 e. The van der Waals surface area contributed by atoms with Gasteiger partial charge in [0.05, 0.1) is 5.60 Å². The Morgan fingerprint density at radius 3 is 2.45 bits per heavy atom. The van der Waals surface area contributed by atoms with Crippen molar-refractivity contribution in [3.05, 3.63) is 81.6 Å². The molecule has 3 nitrogen and oxygen atoms in total. The van der Waals surface area contributed by atoms with Crippen LogP contribution in [0.5, 0.6) is 0 Å². The van der Waals surface area contributed by atoms with E-state index in [0.717, 1.165) is 27.6 Å². The third kappa shape index (κ3) is 2.95. The van der Waals surface area contributed by atoms with Crippen LogP contribution < -0.4 is 5.56 Å². The second-order valence-electron chi connectivity index (χ2n) is 6.15. The van der Waals surface area contributed by atoms with Crippen LogP contribution in [0.3, 0.4) is 0 Å². The Hall–Kier alpha value is -2.39. The molecule has 1 aromatic heterocycles. The van der Waals surface area contributed by atoms with Crippen molar-refractivity contribution in [2.24, 2.45) is 0 Å². The number of H-pyrrole nitrogens is 1. The fourth-order valence-electron chi connectivity index (χ4n) is 2.58. The monoisotopic (exact) mass is 293 g/mol. The highest BCUT2D eigenvalue weighted by Gasteiger charge is 2.16. The normalized spacial score (nSPS) is 11.8. The number of fused-ring (bicyclic) bond motifs is 1. The van der Waals surface area contributed by atoms with Gasteiger partial charge in [0, 0.05) is 17.5 Å². The second-order valence-corrected chi connectivity index (χ2v) is 6.15. The van der Waals surface area contributed by atoms with E-state index in [9.17, 15) is 9.90 Å². The summed E-state index contributed by atoms with van der Waals surface area (Å²) in [5, 5.41) is 11.1. The zero-order chi connectivity index (χ0) is 15.7. The second kappa shape index (κ2) is 5.43. The summed E-state index contributed by atoms with van der Waals surface area (Å²) >= 11 is 0. The van der Waals surface area contributed by atoms with Crippen molar-refractivity contribution >= 4 is 10.9 Å². The van der Waals surface area contributed by atoms with E-state index in [2.05, 4.69) is 4.98 Å². The molecule has 1 heterocycles. The molecule has 0 unspecified atom stereocenters. The number of rotatable bonds is 3. The van der Waals surface area contributed by atoms with Crippen LogP contribution in [0.15, 0.2) is 59.4 Å². The third-order valence-electron chi connectivity index (χ3n) is 3.87. The largest absolute Gasteiger partial charge is 0.386 e. The van der Waals surface area contributed by atoms with Gasteiger partial charge in [0.1, 0.15) is 0 Å². The standard InChI is InChI=1S/C19H19NO2/c1-19(2,22)16-8-9-17-14(12-16)11-15(18(21)20-17)10-13-6-4-3-5-7-13/h3-9,11-12,22H,10H2,1-2H3,(H,20,21). The van der Waals surface area contributed by atoms with Crippen molar-refractivity contribution in [2.45, 2.75) is 25.9 Å². The zero-order valence-corrected chi connectivity index (χ0v) is 12.8. The van der Waals surface area contributed by atoms with Gasteiger partial charge in [0.25, 0.3) is 5.56 Å². The number of aromatic amines is 1. The summed E-state index contributed by atoms with van der Waals surface area (Å²) in [7, 11) is 0. The first-order valence-corrected chi connectivity index (χ1v) is 7.36. The minimum absolute atomic E-state index is 0.0626. The van der Waals surface area contributed by atoms with Crippen molar-refractivity contribution in [3.63, 3.8) is 0 Å². The van der Waals surface area contributed by atoms with Crippen LogP contribution in [0.2, 0.25) is 0 Å². The van der Waals surface area contributed by atoms with Crippen LogP contribution in [0, 0.1) is 0 Å². The van der Waals surface area contributed by atoms with E-state index in [1.165, 1.54) is 0 Å². The molecule has 0 aliphatic heterocycles. The molecule has 0 spiro atoms. The molecule has 0 saturated carbocycles. The van der Waals surface area contributed by atoms with E-state index in [1.54, 1.807) is 13.8 Å². The SMILES string of the molecule is CC(C)(O)c1ccc2[nH]c(=O)c(Cc3ccccc3)cc2c1. The topological polar surface area (TPSA) is 53.1 Å². The first-order chi connectivity index (χ1) is 10.4. The molecule has 3 rings (SSSR count). The van der Waals surface area contributed by atoms with Gasteiger partial charge in [-0.3, -0.25) is 4.79 Å². The average molecular weight is 293 g/mol. The number of hydrogen-bond acceptors (Lipinski definition) is 2. The van der Waals surface area contributed by atoms with Gasteiger partial charge in [-0.05, 0) is 48.6 Å². The average Bonchev–Trinajstić information content (AvgIpc) is 2.47. The van der Waals surface area contributed by atoms with Crippen LogP contribution in [0.1, 0.15) is 30.5 Å². The number of hydrogen-bond donors (Lipinski definition) is 2. The summed E-state index contributed by atoms with van der Waals surface area (Å²) in [4.78, 5) is 15.1. The van der Waals surface area contributed by atoms with Crippen molar-refractivity contribution in [3.8, 4) is 0 Å². The lowest BCUT2D eigenvalue weighted by Gasteiger charge is -2.18. The van der Waals surface area contributed by atoms with E-state index in [-0.39, 0.29) is 5.56 Å². The van der Waals surface area contributed by atoms with E-state index in [0.29, 0.717) is 6.42 Å². The molecule has 0 saturated heterocycles. The van der Waals surface area contributed by atoms with Gasteiger partial charge in [0.2, 0.25) is 0 Å².